The van der Waals surface area contributed by atoms with E-state index in [0.717, 1.165) is 16.0 Å². The van der Waals surface area contributed by atoms with Gasteiger partial charge in [0.2, 0.25) is 11.8 Å². The average Bonchev–Trinajstić information content (AvgIpc) is 2.93. The van der Waals surface area contributed by atoms with Crippen molar-refractivity contribution in [1.82, 2.24) is 10.2 Å². The minimum atomic E-state index is -0.410. The molecule has 3 N–H and O–H groups in total. The standard InChI is InChI=1S/C19H19N3O4/c23-16-7-2-1-5-14(16)8-9-17(24)21-15-6-3-4-13(10-15)12-22-18(25)11-20-19(22)26/h1-7,10,23H,8-9,11-12H2,(H,20,26)(H,21,24). The SMILES string of the molecule is O=C(CCc1ccccc1O)Nc1cccc(CN2C(=O)CNC2=O)c1. The number of aryl methyl sites for hydroxylation is 1. The highest BCUT2D eigenvalue weighted by molar-refractivity contribution is 6.01. The maximum atomic E-state index is 12.1. The van der Waals surface area contributed by atoms with E-state index in [2.05, 4.69) is 10.6 Å². The molecule has 0 bridgehead atoms. The summed E-state index contributed by atoms with van der Waals surface area (Å²) in [4.78, 5) is 36.5. The number of benzene rings is 2. The van der Waals surface area contributed by atoms with Crippen LogP contribution < -0.4 is 10.6 Å². The number of nitrogens with zero attached hydrogens (tertiary/aromatic N) is 1. The Kier molecular flexibility index (Phi) is 5.17. The molecule has 134 valence electrons. The van der Waals surface area contributed by atoms with Crippen LogP contribution in [0.25, 0.3) is 0 Å². The van der Waals surface area contributed by atoms with Gasteiger partial charge in [0, 0.05) is 12.1 Å². The summed E-state index contributed by atoms with van der Waals surface area (Å²) in [6, 6.07) is 13.5. The zero-order valence-electron chi connectivity index (χ0n) is 14.1. The number of amides is 4. The molecule has 0 spiro atoms. The molecule has 2 aromatic carbocycles. The van der Waals surface area contributed by atoms with Crippen molar-refractivity contribution >= 4 is 23.5 Å². The van der Waals surface area contributed by atoms with Gasteiger partial charge in [0.1, 0.15) is 5.75 Å². The van der Waals surface area contributed by atoms with Crippen molar-refractivity contribution in [1.29, 1.82) is 0 Å². The summed E-state index contributed by atoms with van der Waals surface area (Å²) in [6.07, 6.45) is 0.662. The smallest absolute Gasteiger partial charge is 0.324 e. The van der Waals surface area contributed by atoms with Gasteiger partial charge in [0.25, 0.3) is 0 Å². The predicted octanol–water partition coefficient (Wildman–Crippen LogP) is 2.02. The minimum Gasteiger partial charge on any atom is -0.508 e. The lowest BCUT2D eigenvalue weighted by atomic mass is 10.1. The summed E-state index contributed by atoms with van der Waals surface area (Å²) >= 11 is 0. The number of imide groups is 1. The topological polar surface area (TPSA) is 98.7 Å². The molecule has 0 radical (unpaired) electrons. The Morgan fingerprint density at radius 1 is 1.15 bits per heavy atom. The van der Waals surface area contributed by atoms with Gasteiger partial charge >= 0.3 is 6.03 Å². The van der Waals surface area contributed by atoms with E-state index < -0.39 is 6.03 Å². The third-order valence-electron chi connectivity index (χ3n) is 4.10. The third kappa shape index (κ3) is 4.18. The van der Waals surface area contributed by atoms with Crippen molar-refractivity contribution < 1.29 is 19.5 Å². The van der Waals surface area contributed by atoms with Gasteiger partial charge in [-0.15, -0.1) is 0 Å². The Balaban J connectivity index is 1.58. The molecule has 1 aliphatic rings. The van der Waals surface area contributed by atoms with Crippen LogP contribution in [-0.2, 0) is 22.6 Å². The van der Waals surface area contributed by atoms with Crippen LogP contribution in [0.1, 0.15) is 17.5 Å². The third-order valence-corrected chi connectivity index (χ3v) is 4.10. The van der Waals surface area contributed by atoms with E-state index in [1.54, 1.807) is 42.5 Å². The van der Waals surface area contributed by atoms with Gasteiger partial charge in [-0.25, -0.2) is 4.79 Å². The van der Waals surface area contributed by atoms with E-state index in [1.165, 1.54) is 0 Å². The first-order valence-electron chi connectivity index (χ1n) is 8.27. The van der Waals surface area contributed by atoms with Crippen LogP contribution in [0, 0.1) is 0 Å². The number of carbonyl (C=O) groups is 3. The maximum absolute atomic E-state index is 12.1. The zero-order chi connectivity index (χ0) is 18.5. The molecule has 0 unspecified atom stereocenters. The van der Waals surface area contributed by atoms with Crippen molar-refractivity contribution in [2.24, 2.45) is 0 Å². The van der Waals surface area contributed by atoms with Crippen LogP contribution in [0.3, 0.4) is 0 Å². The molecule has 26 heavy (non-hydrogen) atoms. The molecule has 0 aromatic heterocycles. The van der Waals surface area contributed by atoms with Crippen molar-refractivity contribution in [3.05, 3.63) is 59.7 Å². The zero-order valence-corrected chi connectivity index (χ0v) is 14.1. The first-order valence-corrected chi connectivity index (χ1v) is 8.27. The number of nitrogens with one attached hydrogen (secondary N) is 2. The summed E-state index contributed by atoms with van der Waals surface area (Å²) in [7, 11) is 0. The van der Waals surface area contributed by atoms with Crippen molar-refractivity contribution in [3.63, 3.8) is 0 Å². The molecule has 3 rings (SSSR count). The van der Waals surface area contributed by atoms with Gasteiger partial charge < -0.3 is 15.7 Å². The van der Waals surface area contributed by atoms with Crippen molar-refractivity contribution in [3.8, 4) is 5.75 Å². The summed E-state index contributed by atoms with van der Waals surface area (Å²) in [5.74, 6) is -0.275. The lowest BCUT2D eigenvalue weighted by molar-refractivity contribution is -0.125. The summed E-state index contributed by atoms with van der Waals surface area (Å²) in [5.41, 5.74) is 2.06. The van der Waals surface area contributed by atoms with Crippen LogP contribution in [0.15, 0.2) is 48.5 Å². The van der Waals surface area contributed by atoms with E-state index >= 15 is 0 Å². The molecule has 0 saturated carbocycles. The second-order valence-corrected chi connectivity index (χ2v) is 6.02. The number of carbonyl (C=O) groups excluding carboxylic acids is 3. The molecule has 1 saturated heterocycles. The lowest BCUT2D eigenvalue weighted by Crippen LogP contribution is -2.30. The number of phenolic OH excluding ortho intramolecular Hbond substituents is 1. The number of hydrogen-bond acceptors (Lipinski definition) is 4. The van der Waals surface area contributed by atoms with E-state index in [-0.39, 0.29) is 37.1 Å². The van der Waals surface area contributed by atoms with Crippen LogP contribution in [0.4, 0.5) is 10.5 Å². The van der Waals surface area contributed by atoms with E-state index in [0.29, 0.717) is 12.1 Å². The fourth-order valence-corrected chi connectivity index (χ4v) is 2.74. The van der Waals surface area contributed by atoms with Crippen LogP contribution in [0.5, 0.6) is 5.75 Å². The number of rotatable bonds is 6. The number of urea groups is 1. The lowest BCUT2D eigenvalue weighted by Gasteiger charge is -2.13. The largest absolute Gasteiger partial charge is 0.508 e. The monoisotopic (exact) mass is 353 g/mol. The van der Waals surface area contributed by atoms with Crippen LogP contribution in [-0.4, -0.2) is 34.4 Å². The van der Waals surface area contributed by atoms with Crippen LogP contribution >= 0.6 is 0 Å². The highest BCUT2D eigenvalue weighted by atomic mass is 16.3. The maximum Gasteiger partial charge on any atom is 0.324 e. The number of aromatic hydroxyl groups is 1. The molecule has 1 heterocycles. The number of para-hydroxylation sites is 1. The predicted molar refractivity (Wildman–Crippen MR) is 95.4 cm³/mol. The Morgan fingerprint density at radius 2 is 1.96 bits per heavy atom. The van der Waals surface area contributed by atoms with Crippen molar-refractivity contribution in [2.75, 3.05) is 11.9 Å². The molecule has 1 aliphatic heterocycles. The van der Waals surface area contributed by atoms with Gasteiger partial charge in [0.15, 0.2) is 0 Å². The first kappa shape index (κ1) is 17.5. The normalized spacial score (nSPS) is 13.6. The number of hydrogen-bond donors (Lipinski definition) is 3. The average molecular weight is 353 g/mol. The summed E-state index contributed by atoms with van der Waals surface area (Å²) < 4.78 is 0. The Labute approximate surface area is 150 Å². The molecule has 0 aliphatic carbocycles. The highest BCUT2D eigenvalue weighted by Crippen LogP contribution is 2.18. The Hall–Kier alpha value is -3.35. The van der Waals surface area contributed by atoms with E-state index in [1.807, 2.05) is 6.07 Å². The molecular weight excluding hydrogens is 334 g/mol. The van der Waals surface area contributed by atoms with E-state index in [9.17, 15) is 19.5 Å². The van der Waals surface area contributed by atoms with Gasteiger partial charge in [-0.2, -0.15) is 0 Å². The highest BCUT2D eigenvalue weighted by Gasteiger charge is 2.28. The molecule has 7 nitrogen and oxygen atoms in total. The van der Waals surface area contributed by atoms with Crippen LogP contribution in [0.2, 0.25) is 0 Å². The van der Waals surface area contributed by atoms with Gasteiger partial charge in [0.05, 0.1) is 13.1 Å². The van der Waals surface area contributed by atoms with Gasteiger partial charge in [-0.1, -0.05) is 30.3 Å². The minimum absolute atomic E-state index is 0.0155. The van der Waals surface area contributed by atoms with Gasteiger partial charge in [-0.05, 0) is 35.7 Å². The van der Waals surface area contributed by atoms with E-state index in [4.69, 9.17) is 0 Å². The van der Waals surface area contributed by atoms with Gasteiger partial charge in [-0.3, -0.25) is 14.5 Å². The Bertz CT molecular complexity index is 834. The molecule has 2 aromatic rings. The fourth-order valence-electron chi connectivity index (χ4n) is 2.74. The summed E-state index contributed by atoms with van der Waals surface area (Å²) in [6.45, 7) is 0.174. The molecule has 7 heteroatoms. The number of phenols is 1. The molecule has 4 amide bonds. The second kappa shape index (κ2) is 7.69. The second-order valence-electron chi connectivity index (χ2n) is 6.02. The molecule has 0 atom stereocenters. The first-order chi connectivity index (χ1) is 12.5. The Morgan fingerprint density at radius 3 is 2.69 bits per heavy atom. The fraction of sp³-hybridized carbons (Fsp3) is 0.211. The quantitative estimate of drug-likeness (QED) is 0.692. The summed E-state index contributed by atoms with van der Waals surface area (Å²) in [5, 5.41) is 15.0. The molecular formula is C19H19N3O4. The number of anilines is 1. The molecule has 1 fully saturated rings. The van der Waals surface area contributed by atoms with Crippen molar-refractivity contribution in [2.45, 2.75) is 19.4 Å².